The topological polar surface area (TPSA) is 70.7 Å². The van der Waals surface area contributed by atoms with Gasteiger partial charge in [0.1, 0.15) is 5.75 Å². The summed E-state index contributed by atoms with van der Waals surface area (Å²) < 4.78 is 40.3. The van der Waals surface area contributed by atoms with Crippen molar-refractivity contribution < 1.29 is 27.5 Å². The summed E-state index contributed by atoms with van der Waals surface area (Å²) >= 11 is 0. The fourth-order valence-corrected chi connectivity index (χ4v) is 2.94. The quantitative estimate of drug-likeness (QED) is 0.772. The number of nitrogens with one attached hydrogen (secondary N) is 2. The second-order valence-electron chi connectivity index (χ2n) is 6.58. The van der Waals surface area contributed by atoms with Crippen LogP contribution in [0.4, 0.5) is 18.9 Å². The van der Waals surface area contributed by atoms with Crippen LogP contribution in [0.25, 0.3) is 0 Å². The second kappa shape index (κ2) is 8.85. The van der Waals surface area contributed by atoms with E-state index in [0.717, 1.165) is 17.8 Å². The number of amides is 2. The molecule has 1 saturated heterocycles. The van der Waals surface area contributed by atoms with Gasteiger partial charge in [0, 0.05) is 25.3 Å². The van der Waals surface area contributed by atoms with Gasteiger partial charge in [0.05, 0.1) is 13.0 Å². The summed E-state index contributed by atoms with van der Waals surface area (Å²) in [4.78, 5) is 25.5. The van der Waals surface area contributed by atoms with Crippen LogP contribution in [0.15, 0.2) is 48.5 Å². The predicted octanol–water partition coefficient (Wildman–Crippen LogP) is 2.38. The van der Waals surface area contributed by atoms with Crippen molar-refractivity contribution in [1.29, 1.82) is 0 Å². The van der Waals surface area contributed by atoms with Crippen LogP contribution in [0.3, 0.4) is 0 Å². The van der Waals surface area contributed by atoms with Gasteiger partial charge in [0.25, 0.3) is 0 Å². The van der Waals surface area contributed by atoms with Crippen LogP contribution in [0.2, 0.25) is 0 Å². The smallest absolute Gasteiger partial charge is 0.406 e. The fourth-order valence-electron chi connectivity index (χ4n) is 2.94. The SMILES string of the molecule is O=C(Cc1ccc(OC(F)(F)F)cc1)NCc1ccc(N2CCNC(=O)C2)cc1. The van der Waals surface area contributed by atoms with Gasteiger partial charge in [-0.25, -0.2) is 0 Å². The van der Waals surface area contributed by atoms with E-state index in [4.69, 9.17) is 0 Å². The fraction of sp³-hybridized carbons (Fsp3) is 0.300. The van der Waals surface area contributed by atoms with E-state index in [1.165, 1.54) is 24.3 Å². The number of piperazine rings is 1. The molecule has 1 aliphatic rings. The second-order valence-corrected chi connectivity index (χ2v) is 6.58. The van der Waals surface area contributed by atoms with E-state index in [1.54, 1.807) is 0 Å². The Morgan fingerprint density at radius 2 is 1.72 bits per heavy atom. The number of halogens is 3. The summed E-state index contributed by atoms with van der Waals surface area (Å²) in [5, 5.41) is 5.55. The van der Waals surface area contributed by atoms with E-state index in [1.807, 2.05) is 29.2 Å². The Bertz CT molecular complexity index is 852. The number of hydrogen-bond donors (Lipinski definition) is 2. The Kier molecular flexibility index (Phi) is 6.26. The number of rotatable bonds is 6. The molecule has 0 aromatic heterocycles. The molecule has 29 heavy (non-hydrogen) atoms. The van der Waals surface area contributed by atoms with Gasteiger partial charge in [-0.3, -0.25) is 9.59 Å². The molecule has 2 aromatic carbocycles. The highest BCUT2D eigenvalue weighted by atomic mass is 19.4. The van der Waals surface area contributed by atoms with Crippen LogP contribution >= 0.6 is 0 Å². The van der Waals surface area contributed by atoms with Crippen LogP contribution in [0.5, 0.6) is 5.75 Å². The van der Waals surface area contributed by atoms with Gasteiger partial charge in [-0.2, -0.15) is 0 Å². The molecule has 0 atom stereocenters. The molecule has 2 aromatic rings. The molecule has 2 N–H and O–H groups in total. The molecule has 0 saturated carbocycles. The van der Waals surface area contributed by atoms with Crippen molar-refractivity contribution in [3.63, 3.8) is 0 Å². The third kappa shape index (κ3) is 6.41. The molecule has 6 nitrogen and oxygen atoms in total. The Morgan fingerprint density at radius 3 is 2.34 bits per heavy atom. The molecular weight excluding hydrogens is 387 g/mol. The zero-order valence-corrected chi connectivity index (χ0v) is 15.5. The van der Waals surface area contributed by atoms with Gasteiger partial charge in [0.15, 0.2) is 0 Å². The number of ether oxygens (including phenoxy) is 1. The number of carbonyl (C=O) groups is 2. The molecule has 1 heterocycles. The van der Waals surface area contributed by atoms with Crippen LogP contribution in [0, 0.1) is 0 Å². The normalized spacial score (nSPS) is 14.3. The number of anilines is 1. The van der Waals surface area contributed by atoms with E-state index in [9.17, 15) is 22.8 Å². The molecule has 3 rings (SSSR count). The lowest BCUT2D eigenvalue weighted by Crippen LogP contribution is -2.47. The maximum Gasteiger partial charge on any atom is 0.573 e. The Balaban J connectivity index is 1.47. The average molecular weight is 407 g/mol. The minimum atomic E-state index is -4.74. The number of alkyl halides is 3. The highest BCUT2D eigenvalue weighted by Crippen LogP contribution is 2.23. The van der Waals surface area contributed by atoms with Crippen molar-refractivity contribution in [2.45, 2.75) is 19.3 Å². The molecule has 0 aliphatic carbocycles. The van der Waals surface area contributed by atoms with E-state index < -0.39 is 6.36 Å². The first-order chi connectivity index (χ1) is 13.8. The maximum absolute atomic E-state index is 12.2. The van der Waals surface area contributed by atoms with Crippen molar-refractivity contribution in [1.82, 2.24) is 10.6 Å². The zero-order valence-electron chi connectivity index (χ0n) is 15.5. The molecule has 1 fully saturated rings. The lowest BCUT2D eigenvalue weighted by molar-refractivity contribution is -0.274. The van der Waals surface area contributed by atoms with Crippen molar-refractivity contribution in [2.75, 3.05) is 24.5 Å². The number of hydrogen-bond acceptors (Lipinski definition) is 4. The summed E-state index contributed by atoms with van der Waals surface area (Å²) in [6, 6.07) is 12.8. The van der Waals surface area contributed by atoms with Crippen molar-refractivity contribution >= 4 is 17.5 Å². The lowest BCUT2D eigenvalue weighted by Gasteiger charge is -2.28. The monoisotopic (exact) mass is 407 g/mol. The summed E-state index contributed by atoms with van der Waals surface area (Å²) in [6.45, 7) is 2.01. The summed E-state index contributed by atoms with van der Waals surface area (Å²) in [5.74, 6) is -0.579. The molecular formula is C20H20F3N3O3. The third-order valence-corrected chi connectivity index (χ3v) is 4.35. The highest BCUT2D eigenvalue weighted by molar-refractivity contribution is 5.82. The van der Waals surface area contributed by atoms with E-state index in [-0.39, 0.29) is 24.0 Å². The molecule has 9 heteroatoms. The van der Waals surface area contributed by atoms with Crippen molar-refractivity contribution in [3.05, 3.63) is 59.7 Å². The molecule has 0 radical (unpaired) electrons. The van der Waals surface area contributed by atoms with Crippen LogP contribution < -0.4 is 20.3 Å². The van der Waals surface area contributed by atoms with Gasteiger partial charge in [-0.1, -0.05) is 24.3 Å². The number of carbonyl (C=O) groups excluding carboxylic acids is 2. The van der Waals surface area contributed by atoms with Gasteiger partial charge >= 0.3 is 6.36 Å². The van der Waals surface area contributed by atoms with Gasteiger partial charge in [-0.05, 0) is 35.4 Å². The summed E-state index contributed by atoms with van der Waals surface area (Å²) in [6.07, 6.45) is -4.69. The Morgan fingerprint density at radius 1 is 1.07 bits per heavy atom. The standard InChI is InChI=1S/C20H20F3N3O3/c21-20(22,23)29-17-7-3-14(4-8-17)11-18(27)25-12-15-1-5-16(6-2-15)26-10-9-24-19(28)13-26/h1-8H,9-13H2,(H,24,28)(H,25,27). The van der Waals surface area contributed by atoms with Gasteiger partial charge in [-0.15, -0.1) is 13.2 Å². The first-order valence-corrected chi connectivity index (χ1v) is 9.00. The molecule has 0 unspecified atom stereocenters. The Hall–Kier alpha value is -3.23. The van der Waals surface area contributed by atoms with Crippen LogP contribution in [-0.4, -0.2) is 37.8 Å². The van der Waals surface area contributed by atoms with Crippen molar-refractivity contribution in [3.8, 4) is 5.75 Å². The highest BCUT2D eigenvalue weighted by Gasteiger charge is 2.30. The Labute approximate surface area is 165 Å². The maximum atomic E-state index is 12.2. The number of nitrogens with zero attached hydrogens (tertiary/aromatic N) is 1. The van der Waals surface area contributed by atoms with E-state index in [2.05, 4.69) is 15.4 Å². The van der Waals surface area contributed by atoms with Crippen LogP contribution in [0.1, 0.15) is 11.1 Å². The molecule has 2 amide bonds. The minimum absolute atomic E-state index is 0.00871. The molecule has 1 aliphatic heterocycles. The third-order valence-electron chi connectivity index (χ3n) is 4.35. The predicted molar refractivity (Wildman–Crippen MR) is 100 cm³/mol. The minimum Gasteiger partial charge on any atom is -0.406 e. The summed E-state index contributed by atoms with van der Waals surface area (Å²) in [5.41, 5.74) is 2.42. The molecule has 0 spiro atoms. The number of benzene rings is 2. The van der Waals surface area contributed by atoms with Gasteiger partial charge in [0.2, 0.25) is 11.8 Å². The first kappa shape index (κ1) is 20.5. The van der Waals surface area contributed by atoms with E-state index in [0.29, 0.717) is 25.2 Å². The van der Waals surface area contributed by atoms with Gasteiger partial charge < -0.3 is 20.3 Å². The summed E-state index contributed by atoms with van der Waals surface area (Å²) in [7, 11) is 0. The van der Waals surface area contributed by atoms with Crippen LogP contribution in [-0.2, 0) is 22.6 Å². The molecule has 0 bridgehead atoms. The zero-order chi connectivity index (χ0) is 20.9. The first-order valence-electron chi connectivity index (χ1n) is 9.00. The van der Waals surface area contributed by atoms with Crippen molar-refractivity contribution in [2.24, 2.45) is 0 Å². The average Bonchev–Trinajstić information content (AvgIpc) is 2.67. The lowest BCUT2D eigenvalue weighted by atomic mass is 10.1. The largest absolute Gasteiger partial charge is 0.573 e. The van der Waals surface area contributed by atoms with E-state index >= 15 is 0 Å². The molecule has 154 valence electrons.